The van der Waals surface area contributed by atoms with Gasteiger partial charge in [-0.15, -0.1) is 0 Å². The number of amides is 1. The minimum Gasteiger partial charge on any atom is -0.355 e. The van der Waals surface area contributed by atoms with Gasteiger partial charge < -0.3 is 5.32 Å². The zero-order valence-electron chi connectivity index (χ0n) is 12.0. The number of hydrogen-bond acceptors (Lipinski definition) is 3. The molecule has 3 rings (SSSR count). The minimum atomic E-state index is -0.129. The molecule has 1 aromatic carbocycles. The van der Waals surface area contributed by atoms with E-state index in [0.29, 0.717) is 12.1 Å². The summed E-state index contributed by atoms with van der Waals surface area (Å²) >= 11 is 0. The maximum Gasteiger partial charge on any atom is 0.251 e. The zero-order chi connectivity index (χ0) is 14.8. The minimum absolute atomic E-state index is 0.129. The number of benzene rings is 1. The molecular weight excluding hydrogens is 264 g/mol. The van der Waals surface area contributed by atoms with E-state index >= 15 is 0 Å². The summed E-state index contributed by atoms with van der Waals surface area (Å²) in [6, 6.07) is 11.6. The molecule has 106 valence electrons. The fraction of sp³-hybridized carbons (Fsp3) is 0.188. The first-order valence-corrected chi connectivity index (χ1v) is 6.88. The summed E-state index contributed by atoms with van der Waals surface area (Å²) in [4.78, 5) is 16.8. The molecule has 2 aromatic heterocycles. The van der Waals surface area contributed by atoms with Crippen molar-refractivity contribution in [1.82, 2.24) is 20.1 Å². The molecule has 0 radical (unpaired) electrons. The van der Waals surface area contributed by atoms with Gasteiger partial charge in [0.25, 0.3) is 5.91 Å². The number of pyridine rings is 1. The number of aromatic nitrogens is 3. The summed E-state index contributed by atoms with van der Waals surface area (Å²) in [7, 11) is 1.63. The highest BCUT2D eigenvalue weighted by molar-refractivity contribution is 6.06. The second-order valence-corrected chi connectivity index (χ2v) is 4.70. The summed E-state index contributed by atoms with van der Waals surface area (Å²) in [5.41, 5.74) is 3.09. The van der Waals surface area contributed by atoms with Crippen LogP contribution in [-0.2, 0) is 6.54 Å². The van der Waals surface area contributed by atoms with Crippen LogP contribution in [0.15, 0.2) is 42.6 Å². The molecule has 0 aliphatic rings. The molecule has 5 nitrogen and oxygen atoms in total. The van der Waals surface area contributed by atoms with Gasteiger partial charge in [0.15, 0.2) is 5.65 Å². The van der Waals surface area contributed by atoms with Gasteiger partial charge in [0.1, 0.15) is 0 Å². The van der Waals surface area contributed by atoms with Crippen LogP contribution in [0, 0.1) is 0 Å². The van der Waals surface area contributed by atoms with Crippen molar-refractivity contribution in [1.29, 1.82) is 0 Å². The number of nitrogens with zero attached hydrogens (tertiary/aromatic N) is 3. The van der Waals surface area contributed by atoms with Gasteiger partial charge in [0.05, 0.1) is 22.8 Å². The Hall–Kier alpha value is -2.69. The topological polar surface area (TPSA) is 59.8 Å². The number of hydrogen-bond donors (Lipinski definition) is 1. The Labute approximate surface area is 122 Å². The van der Waals surface area contributed by atoms with Crippen LogP contribution in [0.1, 0.15) is 17.3 Å². The Kier molecular flexibility index (Phi) is 3.39. The Bertz CT molecular complexity index is 793. The van der Waals surface area contributed by atoms with E-state index < -0.39 is 0 Å². The Morgan fingerprint density at radius 1 is 1.29 bits per heavy atom. The quantitative estimate of drug-likeness (QED) is 0.801. The van der Waals surface area contributed by atoms with Gasteiger partial charge in [-0.1, -0.05) is 30.3 Å². The third kappa shape index (κ3) is 2.27. The number of aryl methyl sites for hydroxylation is 1. The predicted molar refractivity (Wildman–Crippen MR) is 82.0 cm³/mol. The monoisotopic (exact) mass is 280 g/mol. The zero-order valence-corrected chi connectivity index (χ0v) is 12.0. The van der Waals surface area contributed by atoms with Crippen LogP contribution in [-0.4, -0.2) is 27.7 Å². The molecule has 0 bridgehead atoms. The fourth-order valence-corrected chi connectivity index (χ4v) is 2.36. The number of rotatable bonds is 3. The van der Waals surface area contributed by atoms with Crippen LogP contribution in [0.2, 0.25) is 0 Å². The van der Waals surface area contributed by atoms with E-state index in [2.05, 4.69) is 15.4 Å². The molecule has 0 aliphatic heterocycles. The molecule has 0 aliphatic carbocycles. The molecule has 21 heavy (non-hydrogen) atoms. The van der Waals surface area contributed by atoms with Crippen LogP contribution in [0.3, 0.4) is 0 Å². The summed E-state index contributed by atoms with van der Waals surface area (Å²) in [5.74, 6) is -0.129. The maximum atomic E-state index is 12.1. The van der Waals surface area contributed by atoms with E-state index in [0.717, 1.165) is 22.3 Å². The highest BCUT2D eigenvalue weighted by Crippen LogP contribution is 2.24. The predicted octanol–water partition coefficient (Wildman–Crippen LogP) is 2.48. The molecular formula is C16H16N4O. The van der Waals surface area contributed by atoms with Crippen LogP contribution in [0.25, 0.3) is 22.3 Å². The first-order valence-electron chi connectivity index (χ1n) is 6.88. The van der Waals surface area contributed by atoms with Crippen molar-refractivity contribution in [2.75, 3.05) is 7.05 Å². The molecule has 5 heteroatoms. The van der Waals surface area contributed by atoms with Crippen LogP contribution >= 0.6 is 0 Å². The highest BCUT2D eigenvalue weighted by Gasteiger charge is 2.16. The van der Waals surface area contributed by atoms with Crippen LogP contribution in [0.5, 0.6) is 0 Å². The van der Waals surface area contributed by atoms with Gasteiger partial charge in [-0.05, 0) is 13.0 Å². The second-order valence-electron chi connectivity index (χ2n) is 4.70. The van der Waals surface area contributed by atoms with Gasteiger partial charge >= 0.3 is 0 Å². The lowest BCUT2D eigenvalue weighted by Crippen LogP contribution is -2.18. The van der Waals surface area contributed by atoms with E-state index in [1.807, 2.05) is 43.3 Å². The summed E-state index contributed by atoms with van der Waals surface area (Å²) in [6.07, 6.45) is 1.70. The summed E-state index contributed by atoms with van der Waals surface area (Å²) < 4.78 is 1.80. The van der Waals surface area contributed by atoms with Crippen molar-refractivity contribution in [3.05, 3.63) is 48.2 Å². The number of nitrogens with one attached hydrogen (secondary N) is 1. The number of fused-ring (bicyclic) bond motifs is 1. The molecule has 0 saturated heterocycles. The Balaban J connectivity index is 2.29. The van der Waals surface area contributed by atoms with E-state index in [1.165, 1.54) is 0 Å². The van der Waals surface area contributed by atoms with Gasteiger partial charge in [-0.25, -0.2) is 9.67 Å². The smallest absolute Gasteiger partial charge is 0.251 e. The molecule has 0 spiro atoms. The molecule has 0 fully saturated rings. The molecule has 0 atom stereocenters. The highest BCUT2D eigenvalue weighted by atomic mass is 16.1. The third-order valence-corrected chi connectivity index (χ3v) is 3.45. The molecule has 2 heterocycles. The van der Waals surface area contributed by atoms with E-state index in [-0.39, 0.29) is 5.91 Å². The maximum absolute atomic E-state index is 12.1. The summed E-state index contributed by atoms with van der Waals surface area (Å²) in [6.45, 7) is 2.71. The third-order valence-electron chi connectivity index (χ3n) is 3.45. The van der Waals surface area contributed by atoms with Crippen LogP contribution < -0.4 is 5.32 Å². The van der Waals surface area contributed by atoms with Crippen molar-refractivity contribution in [2.24, 2.45) is 0 Å². The molecule has 0 saturated carbocycles. The molecule has 3 aromatic rings. The average molecular weight is 280 g/mol. The van der Waals surface area contributed by atoms with Crippen molar-refractivity contribution >= 4 is 16.9 Å². The number of carbonyl (C=O) groups excluding carboxylic acids is 1. The lowest BCUT2D eigenvalue weighted by Gasteiger charge is -2.07. The first-order chi connectivity index (χ1) is 10.2. The van der Waals surface area contributed by atoms with Crippen molar-refractivity contribution in [2.45, 2.75) is 13.5 Å². The molecule has 1 amide bonds. The van der Waals surface area contributed by atoms with E-state index in [1.54, 1.807) is 17.9 Å². The van der Waals surface area contributed by atoms with Crippen molar-refractivity contribution in [3.63, 3.8) is 0 Å². The van der Waals surface area contributed by atoms with Crippen molar-refractivity contribution < 1.29 is 4.79 Å². The molecule has 0 unspecified atom stereocenters. The Morgan fingerprint density at radius 2 is 2.05 bits per heavy atom. The SMILES string of the molecule is CCn1ncc2c(C(=O)NC)cc(-c3ccccc3)nc21. The van der Waals surface area contributed by atoms with Gasteiger partial charge in [-0.2, -0.15) is 5.10 Å². The summed E-state index contributed by atoms with van der Waals surface area (Å²) in [5, 5.41) is 7.75. The molecule has 1 N–H and O–H groups in total. The van der Waals surface area contributed by atoms with Crippen molar-refractivity contribution in [3.8, 4) is 11.3 Å². The average Bonchev–Trinajstić information content (AvgIpc) is 2.97. The lowest BCUT2D eigenvalue weighted by molar-refractivity contribution is 0.0964. The van der Waals surface area contributed by atoms with Gasteiger partial charge in [0, 0.05) is 19.2 Å². The van der Waals surface area contributed by atoms with Crippen LogP contribution in [0.4, 0.5) is 0 Å². The first kappa shape index (κ1) is 13.3. The number of carbonyl (C=O) groups is 1. The fourth-order valence-electron chi connectivity index (χ4n) is 2.36. The van der Waals surface area contributed by atoms with E-state index in [9.17, 15) is 4.79 Å². The lowest BCUT2D eigenvalue weighted by atomic mass is 10.1. The second kappa shape index (κ2) is 5.36. The van der Waals surface area contributed by atoms with Gasteiger partial charge in [0.2, 0.25) is 0 Å². The standard InChI is InChI=1S/C16H16N4O/c1-3-20-15-13(10-18-20)12(16(21)17-2)9-14(19-15)11-7-5-4-6-8-11/h4-10H,3H2,1-2H3,(H,17,21). The van der Waals surface area contributed by atoms with Gasteiger partial charge in [-0.3, -0.25) is 4.79 Å². The Morgan fingerprint density at radius 3 is 2.71 bits per heavy atom. The normalized spacial score (nSPS) is 10.8. The largest absolute Gasteiger partial charge is 0.355 e. The van der Waals surface area contributed by atoms with E-state index in [4.69, 9.17) is 0 Å².